The molecule has 7 nitrogen and oxygen atoms in total. The summed E-state index contributed by atoms with van der Waals surface area (Å²) < 4.78 is 14.8. The number of fused-ring (bicyclic) bond motifs is 7. The van der Waals surface area contributed by atoms with Crippen molar-refractivity contribution in [2.45, 2.75) is 0 Å². The van der Waals surface area contributed by atoms with Crippen LogP contribution in [0.2, 0.25) is 0 Å². The molecule has 0 saturated carbocycles. The summed E-state index contributed by atoms with van der Waals surface area (Å²) in [6.45, 7) is 0. The summed E-state index contributed by atoms with van der Waals surface area (Å²) in [5, 5.41) is 3.94. The number of rotatable bonds is 5. The Balaban J connectivity index is 1.13. The highest BCUT2D eigenvalue weighted by atomic mass is 16.3. The van der Waals surface area contributed by atoms with E-state index >= 15 is 0 Å². The van der Waals surface area contributed by atoms with E-state index in [0.717, 1.165) is 88.7 Å². The summed E-state index contributed by atoms with van der Waals surface area (Å²) in [4.78, 5) is 20.4. The van der Waals surface area contributed by atoms with Gasteiger partial charge in [0, 0.05) is 49.5 Å². The lowest BCUT2D eigenvalue weighted by molar-refractivity contribution is 0.668. The van der Waals surface area contributed by atoms with E-state index in [2.05, 4.69) is 77.4 Å². The molecule has 248 valence electrons. The minimum atomic E-state index is 0.557. The van der Waals surface area contributed by atoms with Gasteiger partial charge in [-0.1, -0.05) is 91.0 Å². The van der Waals surface area contributed by atoms with E-state index in [9.17, 15) is 0 Å². The van der Waals surface area contributed by atoms with Crippen LogP contribution in [0, 0.1) is 0 Å². The third-order valence-electron chi connectivity index (χ3n) is 9.87. The molecule has 0 unspecified atom stereocenters. The zero-order valence-corrected chi connectivity index (χ0v) is 28.1. The van der Waals surface area contributed by atoms with Gasteiger partial charge in [-0.3, -0.25) is 4.57 Å². The van der Waals surface area contributed by atoms with Crippen molar-refractivity contribution in [3.8, 4) is 51.2 Å². The molecule has 0 spiro atoms. The van der Waals surface area contributed by atoms with E-state index in [1.165, 1.54) is 0 Å². The van der Waals surface area contributed by atoms with Gasteiger partial charge in [0.25, 0.3) is 0 Å². The van der Waals surface area contributed by atoms with E-state index in [1.807, 2.05) is 91.0 Å². The van der Waals surface area contributed by atoms with Crippen LogP contribution in [0.1, 0.15) is 0 Å². The van der Waals surface area contributed by atoms with Crippen LogP contribution in [0.25, 0.3) is 106 Å². The molecule has 0 fully saturated rings. The summed E-state index contributed by atoms with van der Waals surface area (Å²) in [5.41, 5.74) is 9.79. The second kappa shape index (κ2) is 11.6. The summed E-state index contributed by atoms with van der Waals surface area (Å²) in [7, 11) is 0. The van der Waals surface area contributed by atoms with Gasteiger partial charge >= 0.3 is 0 Å². The molecule has 4 aromatic heterocycles. The van der Waals surface area contributed by atoms with Gasteiger partial charge in [0.05, 0.1) is 11.0 Å². The lowest BCUT2D eigenvalue weighted by Crippen LogP contribution is -2.00. The van der Waals surface area contributed by atoms with Gasteiger partial charge in [-0.2, -0.15) is 0 Å². The van der Waals surface area contributed by atoms with Crippen LogP contribution in [-0.4, -0.2) is 24.5 Å². The molecular weight excluding hydrogens is 655 g/mol. The summed E-state index contributed by atoms with van der Waals surface area (Å²) in [5.74, 6) is 2.57. The molecule has 0 atom stereocenters. The Morgan fingerprint density at radius 3 is 1.89 bits per heavy atom. The Kier molecular flexibility index (Phi) is 6.42. The van der Waals surface area contributed by atoms with Gasteiger partial charge < -0.3 is 8.83 Å². The lowest BCUT2D eigenvalue weighted by atomic mass is 10.0. The zero-order valence-electron chi connectivity index (χ0n) is 28.1. The second-order valence-electron chi connectivity index (χ2n) is 13.1. The van der Waals surface area contributed by atoms with Crippen molar-refractivity contribution in [1.29, 1.82) is 0 Å². The average molecular weight is 682 g/mol. The van der Waals surface area contributed by atoms with E-state index in [0.29, 0.717) is 17.5 Å². The minimum Gasteiger partial charge on any atom is -0.456 e. The van der Waals surface area contributed by atoms with Crippen molar-refractivity contribution in [3.63, 3.8) is 0 Å². The molecule has 7 aromatic carbocycles. The molecule has 11 aromatic rings. The molecule has 0 radical (unpaired) electrons. The molecule has 11 rings (SSSR count). The largest absolute Gasteiger partial charge is 0.456 e. The molecule has 0 N–H and O–H groups in total. The Morgan fingerprint density at radius 2 is 1.02 bits per heavy atom. The Bertz CT molecular complexity index is 3180. The molecule has 4 heterocycles. The van der Waals surface area contributed by atoms with Crippen molar-refractivity contribution >= 4 is 54.9 Å². The van der Waals surface area contributed by atoms with Crippen molar-refractivity contribution < 1.29 is 8.83 Å². The molecule has 0 aliphatic heterocycles. The first-order valence-corrected chi connectivity index (χ1v) is 17.5. The summed E-state index contributed by atoms with van der Waals surface area (Å²) in [6.07, 6.45) is 0. The minimum absolute atomic E-state index is 0.557. The van der Waals surface area contributed by atoms with Crippen LogP contribution in [-0.2, 0) is 0 Å². The maximum absolute atomic E-state index is 6.48. The standard InChI is InChI=1S/C46H27N5O2/c1-3-12-28(13-4-1)43-48-44(29-22-24-39-34(26-29)32-16-7-10-20-38(32)52-39)50-45(49-43)33-17-11-21-41-42(33)35-27-30(23-25-40(35)53-41)46-47-36-18-8-9-19-37(36)51(46)31-14-5-2-6-15-31/h1-27H. The highest BCUT2D eigenvalue weighted by Gasteiger charge is 2.21. The van der Waals surface area contributed by atoms with Gasteiger partial charge in [-0.05, 0) is 72.8 Å². The first kappa shape index (κ1) is 29.4. The van der Waals surface area contributed by atoms with Crippen molar-refractivity contribution in [2.24, 2.45) is 0 Å². The average Bonchev–Trinajstić information content (AvgIpc) is 3.92. The first-order chi connectivity index (χ1) is 26.2. The van der Waals surface area contributed by atoms with Gasteiger partial charge in [-0.15, -0.1) is 0 Å². The molecule has 0 aliphatic rings. The lowest BCUT2D eigenvalue weighted by Gasteiger charge is -2.10. The van der Waals surface area contributed by atoms with Crippen molar-refractivity contribution in [2.75, 3.05) is 0 Å². The number of nitrogens with zero attached hydrogens (tertiary/aromatic N) is 5. The van der Waals surface area contributed by atoms with Gasteiger partial charge in [-0.25, -0.2) is 19.9 Å². The van der Waals surface area contributed by atoms with Gasteiger partial charge in [0.2, 0.25) is 0 Å². The van der Waals surface area contributed by atoms with E-state index in [-0.39, 0.29) is 0 Å². The smallest absolute Gasteiger partial charge is 0.164 e. The number of furan rings is 2. The fraction of sp³-hybridized carbons (Fsp3) is 0. The number of benzene rings is 7. The number of imidazole rings is 1. The third-order valence-corrected chi connectivity index (χ3v) is 9.87. The molecule has 53 heavy (non-hydrogen) atoms. The topological polar surface area (TPSA) is 82.8 Å². The van der Waals surface area contributed by atoms with E-state index in [4.69, 9.17) is 28.8 Å². The number of para-hydroxylation sites is 4. The molecular formula is C46H27N5O2. The molecule has 0 amide bonds. The first-order valence-electron chi connectivity index (χ1n) is 17.5. The quantitative estimate of drug-likeness (QED) is 0.180. The predicted molar refractivity (Wildman–Crippen MR) is 211 cm³/mol. The van der Waals surface area contributed by atoms with Gasteiger partial charge in [0.1, 0.15) is 28.2 Å². The second-order valence-corrected chi connectivity index (χ2v) is 13.1. The Hall–Kier alpha value is -7.38. The maximum Gasteiger partial charge on any atom is 0.164 e. The number of hydrogen-bond acceptors (Lipinski definition) is 6. The van der Waals surface area contributed by atoms with Crippen molar-refractivity contribution in [3.05, 3.63) is 164 Å². The fourth-order valence-electron chi connectivity index (χ4n) is 7.42. The summed E-state index contributed by atoms with van der Waals surface area (Å²) in [6, 6.07) is 55.1. The van der Waals surface area contributed by atoms with E-state index < -0.39 is 0 Å². The zero-order chi connectivity index (χ0) is 34.9. The maximum atomic E-state index is 6.48. The third kappa shape index (κ3) is 4.75. The monoisotopic (exact) mass is 681 g/mol. The molecule has 0 aliphatic carbocycles. The van der Waals surface area contributed by atoms with Crippen LogP contribution in [0.3, 0.4) is 0 Å². The fourth-order valence-corrected chi connectivity index (χ4v) is 7.42. The van der Waals surface area contributed by atoms with Gasteiger partial charge in [0.15, 0.2) is 17.5 Å². The molecule has 7 heteroatoms. The number of aromatic nitrogens is 5. The normalized spacial score (nSPS) is 11.8. The van der Waals surface area contributed by atoms with Crippen molar-refractivity contribution in [1.82, 2.24) is 24.5 Å². The Labute approximate surface area is 302 Å². The van der Waals surface area contributed by atoms with Crippen LogP contribution in [0.4, 0.5) is 0 Å². The summed E-state index contributed by atoms with van der Waals surface area (Å²) >= 11 is 0. The van der Waals surface area contributed by atoms with E-state index in [1.54, 1.807) is 0 Å². The van der Waals surface area contributed by atoms with Crippen LogP contribution in [0.15, 0.2) is 173 Å². The van der Waals surface area contributed by atoms with Crippen LogP contribution < -0.4 is 0 Å². The van der Waals surface area contributed by atoms with Crippen LogP contribution in [0.5, 0.6) is 0 Å². The highest BCUT2D eigenvalue weighted by Crippen LogP contribution is 2.40. The predicted octanol–water partition coefficient (Wildman–Crippen LogP) is 11.7. The Morgan fingerprint density at radius 1 is 0.396 bits per heavy atom. The SMILES string of the molecule is c1ccc(-c2nc(-c3ccc4oc5ccccc5c4c3)nc(-c3cccc4oc5ccc(-c6nc7ccccc7n6-c6ccccc6)cc5c34)n2)cc1. The molecule has 0 bridgehead atoms. The number of hydrogen-bond donors (Lipinski definition) is 0. The van der Waals surface area contributed by atoms with Crippen LogP contribution >= 0.6 is 0 Å². The highest BCUT2D eigenvalue weighted by molar-refractivity contribution is 6.13. The molecule has 0 saturated heterocycles.